The highest BCUT2D eigenvalue weighted by Crippen LogP contribution is 2.31. The number of rotatable bonds is 0. The van der Waals surface area contributed by atoms with Gasteiger partial charge in [-0.1, -0.05) is 36.4 Å². The molecule has 0 unspecified atom stereocenters. The van der Waals surface area contributed by atoms with Crippen LogP contribution in [0.3, 0.4) is 0 Å². The summed E-state index contributed by atoms with van der Waals surface area (Å²) >= 11 is 0. The first-order valence-corrected chi connectivity index (χ1v) is 6.24. The van der Waals surface area contributed by atoms with Crippen LogP contribution in [0.4, 0.5) is 37.7 Å². The molecule has 0 aliphatic rings. The second kappa shape index (κ2) is 9.60. The standard InChI is InChI=1S/2C6H7N.C3H2F6/c2*7-6-4-2-1-3-5-6;4-2(5,6)1-3(7,8)9/h2*1-5H,7H2;1H2. The Morgan fingerprint density at radius 2 is 0.826 bits per heavy atom. The minimum atomic E-state index is -5.14. The smallest absolute Gasteiger partial charge is 0.397 e. The van der Waals surface area contributed by atoms with Gasteiger partial charge in [0.15, 0.2) is 0 Å². The molecule has 0 heterocycles. The number of nitrogens with two attached hydrogens (primary N) is 2. The highest BCUT2D eigenvalue weighted by atomic mass is 19.4. The van der Waals surface area contributed by atoms with Crippen molar-refractivity contribution >= 4 is 11.4 Å². The number of benzene rings is 2. The molecule has 0 spiro atoms. The van der Waals surface area contributed by atoms with E-state index in [0.29, 0.717) is 0 Å². The molecule has 0 saturated carbocycles. The molecule has 2 aromatic carbocycles. The summed E-state index contributed by atoms with van der Waals surface area (Å²) in [6.07, 6.45) is -13.0. The molecule has 128 valence electrons. The Kier molecular flexibility index (Phi) is 8.61. The molecule has 0 bridgehead atoms. The minimum Gasteiger partial charge on any atom is -0.399 e. The largest absolute Gasteiger partial charge is 0.399 e. The number of nitrogen functional groups attached to an aromatic ring is 2. The van der Waals surface area contributed by atoms with Gasteiger partial charge in [-0.15, -0.1) is 0 Å². The molecular formula is C15H16F6N2. The Morgan fingerprint density at radius 1 is 0.565 bits per heavy atom. The van der Waals surface area contributed by atoms with Crippen molar-refractivity contribution in [3.63, 3.8) is 0 Å². The molecule has 0 saturated heterocycles. The highest BCUT2D eigenvalue weighted by Gasteiger charge is 2.43. The van der Waals surface area contributed by atoms with E-state index in [0.717, 1.165) is 11.4 Å². The predicted molar refractivity (Wildman–Crippen MR) is 78.4 cm³/mol. The van der Waals surface area contributed by atoms with Crippen LogP contribution in [-0.2, 0) is 0 Å². The maximum Gasteiger partial charge on any atom is 0.397 e. The van der Waals surface area contributed by atoms with E-state index in [2.05, 4.69) is 0 Å². The van der Waals surface area contributed by atoms with E-state index in [-0.39, 0.29) is 0 Å². The third-order valence-electron chi connectivity index (χ3n) is 2.00. The third kappa shape index (κ3) is 15.8. The van der Waals surface area contributed by atoms with Gasteiger partial charge >= 0.3 is 12.4 Å². The zero-order valence-corrected chi connectivity index (χ0v) is 11.9. The number of para-hydroxylation sites is 2. The van der Waals surface area contributed by atoms with Gasteiger partial charge in [0.25, 0.3) is 0 Å². The first-order chi connectivity index (χ1) is 10.5. The van der Waals surface area contributed by atoms with Gasteiger partial charge < -0.3 is 11.5 Å². The van der Waals surface area contributed by atoms with E-state index in [4.69, 9.17) is 11.5 Å². The number of hydrogen-bond acceptors (Lipinski definition) is 2. The van der Waals surface area contributed by atoms with Crippen LogP contribution >= 0.6 is 0 Å². The van der Waals surface area contributed by atoms with Gasteiger partial charge in [0.2, 0.25) is 0 Å². The van der Waals surface area contributed by atoms with Crippen molar-refractivity contribution in [3.05, 3.63) is 60.7 Å². The van der Waals surface area contributed by atoms with Crippen molar-refractivity contribution in [1.82, 2.24) is 0 Å². The molecule has 2 nitrogen and oxygen atoms in total. The zero-order chi connectivity index (χ0) is 17.9. The first-order valence-electron chi connectivity index (χ1n) is 6.24. The SMILES string of the molecule is FC(F)(F)CC(F)(F)F.Nc1ccccc1.Nc1ccccc1. The van der Waals surface area contributed by atoms with Crippen molar-refractivity contribution < 1.29 is 26.3 Å². The van der Waals surface area contributed by atoms with Crippen molar-refractivity contribution in [2.75, 3.05) is 11.5 Å². The number of hydrogen-bond donors (Lipinski definition) is 2. The Bertz CT molecular complexity index is 474. The van der Waals surface area contributed by atoms with Crippen LogP contribution in [0.15, 0.2) is 60.7 Å². The molecule has 23 heavy (non-hydrogen) atoms. The molecule has 0 fully saturated rings. The minimum absolute atomic E-state index is 0.822. The summed E-state index contributed by atoms with van der Waals surface area (Å²) in [5, 5.41) is 0. The van der Waals surface area contributed by atoms with Gasteiger partial charge in [-0.05, 0) is 24.3 Å². The highest BCUT2D eigenvalue weighted by molar-refractivity contribution is 5.36. The molecule has 8 heteroatoms. The Labute approximate surface area is 129 Å². The van der Waals surface area contributed by atoms with Crippen LogP contribution in [0.2, 0.25) is 0 Å². The maximum absolute atomic E-state index is 10.8. The van der Waals surface area contributed by atoms with Gasteiger partial charge in [0, 0.05) is 11.4 Å². The summed E-state index contributed by atoms with van der Waals surface area (Å²) in [7, 11) is 0. The zero-order valence-electron chi connectivity index (χ0n) is 11.9. The lowest BCUT2D eigenvalue weighted by atomic mass is 10.3. The summed E-state index contributed by atoms with van der Waals surface area (Å²) in [6, 6.07) is 19.0. The first kappa shape index (κ1) is 20.6. The molecule has 0 aliphatic heterocycles. The van der Waals surface area contributed by atoms with Crippen molar-refractivity contribution in [2.45, 2.75) is 18.8 Å². The van der Waals surface area contributed by atoms with Crippen molar-refractivity contribution in [3.8, 4) is 0 Å². The molecular weight excluding hydrogens is 322 g/mol. The summed E-state index contributed by atoms with van der Waals surface area (Å²) in [5.74, 6) is 0. The van der Waals surface area contributed by atoms with E-state index in [1.54, 1.807) is 0 Å². The van der Waals surface area contributed by atoms with E-state index in [1.165, 1.54) is 0 Å². The Balaban J connectivity index is 0.000000318. The summed E-state index contributed by atoms with van der Waals surface area (Å²) in [4.78, 5) is 0. The van der Waals surface area contributed by atoms with Gasteiger partial charge in [0.05, 0.1) is 0 Å². The fourth-order valence-electron chi connectivity index (χ4n) is 1.13. The van der Waals surface area contributed by atoms with Gasteiger partial charge in [-0.2, -0.15) is 26.3 Å². The summed E-state index contributed by atoms with van der Waals surface area (Å²) in [5.41, 5.74) is 12.4. The monoisotopic (exact) mass is 338 g/mol. The van der Waals surface area contributed by atoms with Crippen LogP contribution in [0.1, 0.15) is 6.42 Å². The topological polar surface area (TPSA) is 52.0 Å². The van der Waals surface area contributed by atoms with Gasteiger partial charge in [-0.25, -0.2) is 0 Å². The molecule has 4 N–H and O–H groups in total. The van der Waals surface area contributed by atoms with E-state index < -0.39 is 18.8 Å². The Hall–Kier alpha value is -2.38. The fraction of sp³-hybridized carbons (Fsp3) is 0.200. The number of halogens is 6. The lowest BCUT2D eigenvalue weighted by Crippen LogP contribution is -2.20. The van der Waals surface area contributed by atoms with Crippen LogP contribution < -0.4 is 11.5 Å². The van der Waals surface area contributed by atoms with E-state index >= 15 is 0 Å². The third-order valence-corrected chi connectivity index (χ3v) is 2.00. The average Bonchev–Trinajstić information content (AvgIpc) is 2.37. The van der Waals surface area contributed by atoms with E-state index in [1.807, 2.05) is 60.7 Å². The Morgan fingerprint density at radius 3 is 0.913 bits per heavy atom. The summed E-state index contributed by atoms with van der Waals surface area (Å²) in [6.45, 7) is 0. The van der Waals surface area contributed by atoms with Crippen LogP contribution in [0.5, 0.6) is 0 Å². The van der Waals surface area contributed by atoms with Crippen LogP contribution in [-0.4, -0.2) is 12.4 Å². The fourth-order valence-corrected chi connectivity index (χ4v) is 1.13. The predicted octanol–water partition coefficient (Wildman–Crippen LogP) is 5.04. The lowest BCUT2D eigenvalue weighted by Gasteiger charge is -2.08. The van der Waals surface area contributed by atoms with E-state index in [9.17, 15) is 26.3 Å². The van der Waals surface area contributed by atoms with Gasteiger partial charge in [0.1, 0.15) is 6.42 Å². The molecule has 0 aliphatic carbocycles. The van der Waals surface area contributed by atoms with Crippen LogP contribution in [0.25, 0.3) is 0 Å². The second-order valence-corrected chi connectivity index (χ2v) is 4.23. The number of anilines is 2. The average molecular weight is 338 g/mol. The number of alkyl halides is 6. The van der Waals surface area contributed by atoms with Crippen molar-refractivity contribution in [2.24, 2.45) is 0 Å². The molecule has 0 radical (unpaired) electrons. The second-order valence-electron chi connectivity index (χ2n) is 4.23. The molecule has 0 atom stereocenters. The molecule has 0 aromatic heterocycles. The maximum atomic E-state index is 10.8. The molecule has 2 rings (SSSR count). The molecule has 2 aromatic rings. The lowest BCUT2D eigenvalue weighted by molar-refractivity contribution is -0.232. The molecule has 0 amide bonds. The quantitative estimate of drug-likeness (QED) is 0.522. The van der Waals surface area contributed by atoms with Crippen LogP contribution in [0, 0.1) is 0 Å². The normalized spacial score (nSPS) is 10.7. The summed E-state index contributed by atoms with van der Waals surface area (Å²) < 4.78 is 65.0. The van der Waals surface area contributed by atoms with Gasteiger partial charge in [-0.3, -0.25) is 0 Å². The van der Waals surface area contributed by atoms with Crippen molar-refractivity contribution in [1.29, 1.82) is 0 Å².